The van der Waals surface area contributed by atoms with Crippen LogP contribution in [-0.4, -0.2) is 45.9 Å². The van der Waals surface area contributed by atoms with E-state index in [1.807, 2.05) is 24.5 Å². The van der Waals surface area contributed by atoms with Gasteiger partial charge in [0.25, 0.3) is 11.9 Å². The van der Waals surface area contributed by atoms with Crippen molar-refractivity contribution < 1.29 is 28.9 Å². The van der Waals surface area contributed by atoms with E-state index in [1.165, 1.54) is 35.1 Å². The second-order valence-electron chi connectivity index (χ2n) is 10.8. The van der Waals surface area contributed by atoms with Crippen LogP contribution in [0.4, 0.5) is 4.39 Å². The van der Waals surface area contributed by atoms with Crippen LogP contribution in [0.5, 0.6) is 0 Å². The summed E-state index contributed by atoms with van der Waals surface area (Å²) in [5.41, 5.74) is 5.04. The lowest BCUT2D eigenvalue weighted by Crippen LogP contribution is -2.47. The van der Waals surface area contributed by atoms with Crippen LogP contribution >= 0.6 is 0 Å². The van der Waals surface area contributed by atoms with Gasteiger partial charge in [0.15, 0.2) is 0 Å². The number of carboxylic acid groups (broad SMARTS) is 2. The summed E-state index contributed by atoms with van der Waals surface area (Å²) in [6, 6.07) is 19.9. The summed E-state index contributed by atoms with van der Waals surface area (Å²) in [6.45, 7) is 4.69. The third-order valence-corrected chi connectivity index (χ3v) is 7.73. The fourth-order valence-corrected chi connectivity index (χ4v) is 6.01. The predicted octanol–water partition coefficient (Wildman–Crippen LogP) is 6.61. The molecule has 2 heterocycles. The number of carboxylic acids is 2. The third kappa shape index (κ3) is 9.76. The summed E-state index contributed by atoms with van der Waals surface area (Å²) in [5, 5.41) is 18.5. The molecule has 1 unspecified atom stereocenters. The smallest absolute Gasteiger partial charge is 0.300 e. The van der Waals surface area contributed by atoms with Gasteiger partial charge in [0.1, 0.15) is 5.82 Å². The zero-order valence-electron chi connectivity index (χ0n) is 23.9. The highest BCUT2D eigenvalue weighted by molar-refractivity contribution is 5.66. The predicted molar refractivity (Wildman–Crippen MR) is 157 cm³/mol. The summed E-state index contributed by atoms with van der Waals surface area (Å²) in [5.74, 6) is -1.83. The van der Waals surface area contributed by atoms with Gasteiger partial charge in [-0.1, -0.05) is 49.2 Å². The third-order valence-electron chi connectivity index (χ3n) is 7.73. The quantitative estimate of drug-likeness (QED) is 0.277. The van der Waals surface area contributed by atoms with Gasteiger partial charge >= 0.3 is 0 Å². The fourth-order valence-electron chi connectivity index (χ4n) is 6.01. The Labute approximate surface area is 241 Å². The Hall–Kier alpha value is -3.62. The Balaban J connectivity index is 0.000000515. The van der Waals surface area contributed by atoms with Crippen LogP contribution in [0.25, 0.3) is 11.1 Å². The Kier molecular flexibility index (Phi) is 12.0. The minimum Gasteiger partial charge on any atom is -0.481 e. The lowest BCUT2D eigenvalue weighted by atomic mass is 9.66. The highest BCUT2D eigenvalue weighted by atomic mass is 19.1. The van der Waals surface area contributed by atoms with E-state index in [0.29, 0.717) is 0 Å². The zero-order chi connectivity index (χ0) is 29.7. The topological polar surface area (TPSA) is 109 Å². The van der Waals surface area contributed by atoms with E-state index in [9.17, 15) is 4.39 Å². The molecule has 1 atom stereocenters. The largest absolute Gasteiger partial charge is 0.481 e. The Bertz CT molecular complexity index is 1230. The van der Waals surface area contributed by atoms with Gasteiger partial charge in [-0.25, -0.2) is 4.39 Å². The van der Waals surface area contributed by atoms with Crippen molar-refractivity contribution in [1.29, 1.82) is 0 Å². The van der Waals surface area contributed by atoms with E-state index in [0.717, 1.165) is 65.6 Å². The number of aliphatic carboxylic acids is 2. The Morgan fingerprint density at radius 1 is 0.927 bits per heavy atom. The molecule has 1 aliphatic heterocycles. The first kappa shape index (κ1) is 31.9. The maximum absolute atomic E-state index is 13.7. The molecule has 0 amide bonds. The van der Waals surface area contributed by atoms with E-state index in [2.05, 4.69) is 46.7 Å². The summed E-state index contributed by atoms with van der Waals surface area (Å²) < 4.78 is 20.1. The molecule has 0 radical (unpaired) electrons. The molecule has 1 aromatic heterocycles. The molecule has 2 fully saturated rings. The molecule has 5 rings (SSSR count). The van der Waals surface area contributed by atoms with E-state index < -0.39 is 11.9 Å². The molecule has 3 aromatic rings. The molecule has 1 spiro atoms. The van der Waals surface area contributed by atoms with Gasteiger partial charge in [0, 0.05) is 44.8 Å². The average Bonchev–Trinajstić information content (AvgIpc) is 3.38. The Morgan fingerprint density at radius 2 is 1.54 bits per heavy atom. The number of halogens is 1. The first-order valence-electron chi connectivity index (χ1n) is 14.1. The van der Waals surface area contributed by atoms with Crippen molar-refractivity contribution in [3.63, 3.8) is 0 Å². The molecule has 2 aromatic carbocycles. The molecule has 41 heavy (non-hydrogen) atoms. The molecule has 7 nitrogen and oxygen atoms in total. The monoisotopic (exact) mass is 564 g/mol. The first-order valence-corrected chi connectivity index (χ1v) is 14.1. The SMILES string of the molecule is CC(=O)O.CC(=O)O.Fc1ccc(C2(CCNCc3ccccc3-c3ccncc3)CCOC3(CCCC3)C2)cc1. The zero-order valence-corrected chi connectivity index (χ0v) is 23.9. The van der Waals surface area contributed by atoms with Gasteiger partial charge in [-0.05, 0) is 85.2 Å². The van der Waals surface area contributed by atoms with Gasteiger partial charge in [0.05, 0.1) is 5.60 Å². The van der Waals surface area contributed by atoms with Gasteiger partial charge in [-0.15, -0.1) is 0 Å². The minimum atomic E-state index is -0.833. The van der Waals surface area contributed by atoms with Crippen molar-refractivity contribution in [1.82, 2.24) is 10.3 Å². The Morgan fingerprint density at radius 3 is 2.17 bits per heavy atom. The first-order chi connectivity index (χ1) is 19.6. The number of nitrogens with one attached hydrogen (secondary N) is 1. The van der Waals surface area contributed by atoms with Crippen molar-refractivity contribution in [2.75, 3.05) is 13.2 Å². The average molecular weight is 565 g/mol. The van der Waals surface area contributed by atoms with Crippen molar-refractivity contribution >= 4 is 11.9 Å². The molecule has 2 aliphatic rings. The highest BCUT2D eigenvalue weighted by Crippen LogP contribution is 2.50. The van der Waals surface area contributed by atoms with Crippen LogP contribution < -0.4 is 5.32 Å². The van der Waals surface area contributed by atoms with Crippen LogP contribution in [0, 0.1) is 5.82 Å². The van der Waals surface area contributed by atoms with E-state index in [4.69, 9.17) is 24.5 Å². The van der Waals surface area contributed by atoms with Gasteiger partial charge in [-0.2, -0.15) is 0 Å². The van der Waals surface area contributed by atoms with Gasteiger partial charge < -0.3 is 20.3 Å². The molecule has 1 saturated heterocycles. The number of hydrogen-bond acceptors (Lipinski definition) is 5. The van der Waals surface area contributed by atoms with Crippen molar-refractivity contribution in [2.45, 2.75) is 76.4 Å². The van der Waals surface area contributed by atoms with Crippen LogP contribution in [0.1, 0.15) is 69.9 Å². The molecule has 220 valence electrons. The molecule has 3 N–H and O–H groups in total. The summed E-state index contributed by atoms with van der Waals surface area (Å²) in [6.07, 6.45) is 11.6. The maximum Gasteiger partial charge on any atom is 0.300 e. The second kappa shape index (κ2) is 15.4. The lowest BCUT2D eigenvalue weighted by molar-refractivity contribution is -0.135. The number of rotatable bonds is 7. The number of carbonyl (C=O) groups is 2. The van der Waals surface area contributed by atoms with E-state index in [-0.39, 0.29) is 16.8 Å². The van der Waals surface area contributed by atoms with Crippen LogP contribution in [0.2, 0.25) is 0 Å². The van der Waals surface area contributed by atoms with Crippen molar-refractivity contribution in [2.24, 2.45) is 0 Å². The number of hydrogen-bond donors (Lipinski definition) is 3. The molecule has 1 saturated carbocycles. The number of aromatic nitrogens is 1. The number of pyridine rings is 1. The van der Waals surface area contributed by atoms with Crippen molar-refractivity contribution in [3.05, 3.63) is 90.0 Å². The van der Waals surface area contributed by atoms with Gasteiger partial charge in [0.2, 0.25) is 0 Å². The summed E-state index contributed by atoms with van der Waals surface area (Å²) in [4.78, 5) is 22.2. The summed E-state index contributed by atoms with van der Waals surface area (Å²) >= 11 is 0. The normalized spacial score (nSPS) is 18.9. The molecule has 8 heteroatoms. The van der Waals surface area contributed by atoms with Gasteiger partial charge in [-0.3, -0.25) is 14.6 Å². The van der Waals surface area contributed by atoms with Crippen LogP contribution in [0.15, 0.2) is 73.1 Å². The lowest BCUT2D eigenvalue weighted by Gasteiger charge is -2.47. The highest BCUT2D eigenvalue weighted by Gasteiger charge is 2.47. The molecular weight excluding hydrogens is 523 g/mol. The molecule has 0 bridgehead atoms. The maximum atomic E-state index is 13.7. The summed E-state index contributed by atoms with van der Waals surface area (Å²) in [7, 11) is 0. The minimum absolute atomic E-state index is 0.0145. The number of nitrogens with zero attached hydrogens (tertiary/aromatic N) is 1. The van der Waals surface area contributed by atoms with E-state index in [1.54, 1.807) is 12.1 Å². The van der Waals surface area contributed by atoms with Crippen LogP contribution in [0.3, 0.4) is 0 Å². The van der Waals surface area contributed by atoms with Crippen LogP contribution in [-0.2, 0) is 26.3 Å². The van der Waals surface area contributed by atoms with Crippen molar-refractivity contribution in [3.8, 4) is 11.1 Å². The second-order valence-corrected chi connectivity index (χ2v) is 10.8. The molecule has 1 aliphatic carbocycles. The fraction of sp³-hybridized carbons (Fsp3) is 0.424. The molecular formula is C33H41FN2O5. The number of ether oxygens (including phenoxy) is 1. The standard InChI is InChI=1S/C29H33FN2O.2C2H4O2/c30-26-9-7-25(8-10-26)28(16-20-33-29(22-28)13-3-4-14-29)15-19-32-21-24-5-1-2-6-27(24)23-11-17-31-18-12-23;2*1-2(3)4/h1-2,5-12,17-18,32H,3-4,13-16,19-22H2;2*1H3,(H,3,4). The number of benzene rings is 2. The van der Waals surface area contributed by atoms with E-state index >= 15 is 0 Å².